The third-order valence-corrected chi connectivity index (χ3v) is 7.20. The third kappa shape index (κ3) is 5.98. The molecule has 0 aromatic heterocycles. The molecule has 0 spiro atoms. The van der Waals surface area contributed by atoms with Gasteiger partial charge in [0, 0.05) is 25.9 Å². The summed E-state index contributed by atoms with van der Waals surface area (Å²) in [7, 11) is -3.30. The molecule has 0 saturated heterocycles. The molecule has 0 bridgehead atoms. The molecule has 190 valence electrons. The first kappa shape index (κ1) is 25.9. The van der Waals surface area contributed by atoms with Gasteiger partial charge in [-0.3, -0.25) is 9.69 Å². The van der Waals surface area contributed by atoms with Gasteiger partial charge in [0.15, 0.2) is 9.84 Å². The van der Waals surface area contributed by atoms with Crippen molar-refractivity contribution in [2.75, 3.05) is 12.8 Å². The minimum atomic E-state index is -3.30. The number of carbonyl (C=O) groups is 2. The first-order valence-corrected chi connectivity index (χ1v) is 13.6. The van der Waals surface area contributed by atoms with Gasteiger partial charge in [-0.05, 0) is 59.2 Å². The van der Waals surface area contributed by atoms with Crippen LogP contribution in [0, 0.1) is 0 Å². The number of fused-ring (bicyclic) bond motifs is 1. The van der Waals surface area contributed by atoms with E-state index < -0.39 is 15.9 Å². The molecule has 7 nitrogen and oxygen atoms in total. The number of allylic oxidation sites excluding steroid dienone is 3. The lowest BCUT2D eigenvalue weighted by molar-refractivity contribution is -0.129. The zero-order valence-electron chi connectivity index (χ0n) is 20.9. The van der Waals surface area contributed by atoms with Gasteiger partial charge in [0.1, 0.15) is 5.75 Å². The summed E-state index contributed by atoms with van der Waals surface area (Å²) < 4.78 is 29.1. The zero-order valence-corrected chi connectivity index (χ0v) is 21.7. The van der Waals surface area contributed by atoms with E-state index in [1.165, 1.54) is 24.0 Å². The normalized spacial score (nSPS) is 16.1. The van der Waals surface area contributed by atoms with Crippen molar-refractivity contribution in [3.05, 3.63) is 103 Å². The van der Waals surface area contributed by atoms with Gasteiger partial charge in [-0.15, -0.1) is 0 Å². The summed E-state index contributed by atoms with van der Waals surface area (Å²) >= 11 is 0. The van der Waals surface area contributed by atoms with Crippen LogP contribution in [0.15, 0.2) is 102 Å². The van der Waals surface area contributed by atoms with Crippen molar-refractivity contribution >= 4 is 38.2 Å². The van der Waals surface area contributed by atoms with Crippen LogP contribution in [-0.4, -0.2) is 49.1 Å². The molecule has 2 amide bonds. The first-order chi connectivity index (χ1) is 17.5. The summed E-state index contributed by atoms with van der Waals surface area (Å²) in [6.45, 7) is 7.66. The minimum Gasteiger partial charge on any atom is -0.410 e. The number of hydrogen-bond donors (Lipinski definition) is 0. The highest BCUT2D eigenvalue weighted by Gasteiger charge is 2.30. The Labute approximate surface area is 216 Å². The van der Waals surface area contributed by atoms with Crippen molar-refractivity contribution in [3.63, 3.8) is 0 Å². The van der Waals surface area contributed by atoms with E-state index in [2.05, 4.69) is 6.58 Å². The van der Waals surface area contributed by atoms with E-state index in [1.54, 1.807) is 41.5 Å². The maximum absolute atomic E-state index is 13.0. The number of benzene rings is 3. The Morgan fingerprint density at radius 3 is 2.35 bits per heavy atom. The molecule has 3 aromatic rings. The highest BCUT2D eigenvalue weighted by molar-refractivity contribution is 7.90. The summed E-state index contributed by atoms with van der Waals surface area (Å²) in [5.74, 6) is 0.274. The first-order valence-electron chi connectivity index (χ1n) is 11.7. The van der Waals surface area contributed by atoms with E-state index in [0.717, 1.165) is 22.6 Å². The number of ether oxygens (including phenoxy) is 1. The molecular weight excluding hydrogens is 488 g/mol. The Bertz CT molecular complexity index is 1540. The number of nitrogens with zero attached hydrogens (tertiary/aromatic N) is 2. The Balaban J connectivity index is 1.56. The van der Waals surface area contributed by atoms with Crippen LogP contribution in [0.3, 0.4) is 0 Å². The van der Waals surface area contributed by atoms with Crippen LogP contribution in [0.25, 0.3) is 16.3 Å². The molecule has 1 aliphatic rings. The van der Waals surface area contributed by atoms with Crippen LogP contribution >= 0.6 is 0 Å². The smallest absolute Gasteiger partial charge is 0.410 e. The predicted molar refractivity (Wildman–Crippen MR) is 144 cm³/mol. The lowest BCUT2D eigenvalue weighted by Crippen LogP contribution is -2.49. The fourth-order valence-electron chi connectivity index (χ4n) is 4.23. The average molecular weight is 517 g/mol. The van der Waals surface area contributed by atoms with Crippen LogP contribution in [-0.2, 0) is 14.6 Å². The number of rotatable bonds is 5. The molecule has 1 atom stereocenters. The molecule has 0 aliphatic carbocycles. The van der Waals surface area contributed by atoms with E-state index in [1.807, 2.05) is 43.3 Å². The van der Waals surface area contributed by atoms with Crippen LogP contribution in [0.5, 0.6) is 5.75 Å². The minimum absolute atomic E-state index is 0.158. The maximum atomic E-state index is 13.0. The monoisotopic (exact) mass is 516 g/mol. The molecule has 0 N–H and O–H groups in total. The van der Waals surface area contributed by atoms with Crippen molar-refractivity contribution in [2.45, 2.75) is 24.8 Å². The van der Waals surface area contributed by atoms with E-state index in [0.29, 0.717) is 17.0 Å². The average Bonchev–Trinajstić information content (AvgIpc) is 2.86. The maximum Gasteiger partial charge on any atom is 0.419 e. The fraction of sp³-hybridized carbons (Fsp3) is 0.172. The molecule has 1 unspecified atom stereocenters. The second-order valence-corrected chi connectivity index (χ2v) is 11.0. The second-order valence-electron chi connectivity index (χ2n) is 8.98. The molecule has 37 heavy (non-hydrogen) atoms. The summed E-state index contributed by atoms with van der Waals surface area (Å²) in [6.07, 6.45) is 5.62. The van der Waals surface area contributed by atoms with Crippen LogP contribution in [0.2, 0.25) is 0 Å². The van der Waals surface area contributed by atoms with Gasteiger partial charge in [0.2, 0.25) is 5.91 Å². The molecule has 1 aliphatic heterocycles. The van der Waals surface area contributed by atoms with Gasteiger partial charge in [-0.2, -0.15) is 0 Å². The molecule has 8 heteroatoms. The topological polar surface area (TPSA) is 84.0 Å². The number of carbonyl (C=O) groups excluding carboxylic acids is 2. The predicted octanol–water partition coefficient (Wildman–Crippen LogP) is 5.41. The third-order valence-electron chi connectivity index (χ3n) is 6.08. The molecule has 0 fully saturated rings. The van der Waals surface area contributed by atoms with E-state index in [4.69, 9.17) is 4.74 Å². The van der Waals surface area contributed by atoms with Crippen LogP contribution in [0.1, 0.15) is 19.4 Å². The van der Waals surface area contributed by atoms with E-state index in [-0.39, 0.29) is 23.4 Å². The Morgan fingerprint density at radius 1 is 1.03 bits per heavy atom. The number of sulfone groups is 1. The van der Waals surface area contributed by atoms with Crippen molar-refractivity contribution in [2.24, 2.45) is 0 Å². The Hall–Kier alpha value is -4.17. The fourth-order valence-corrected chi connectivity index (χ4v) is 4.86. The van der Waals surface area contributed by atoms with Crippen molar-refractivity contribution < 1.29 is 22.7 Å². The Kier molecular flexibility index (Phi) is 7.31. The van der Waals surface area contributed by atoms with Gasteiger partial charge in [-0.1, -0.05) is 55.1 Å². The van der Waals surface area contributed by atoms with E-state index >= 15 is 0 Å². The summed E-state index contributed by atoms with van der Waals surface area (Å²) in [4.78, 5) is 28.7. The van der Waals surface area contributed by atoms with Crippen LogP contribution in [0.4, 0.5) is 4.79 Å². The molecule has 3 aromatic carbocycles. The molecule has 4 rings (SSSR count). The summed E-state index contributed by atoms with van der Waals surface area (Å²) in [6, 6.07) is 19.4. The lowest BCUT2D eigenvalue weighted by atomic mass is 10.1. The van der Waals surface area contributed by atoms with Gasteiger partial charge in [0.25, 0.3) is 0 Å². The van der Waals surface area contributed by atoms with Crippen molar-refractivity contribution in [3.8, 4) is 5.75 Å². The summed E-state index contributed by atoms with van der Waals surface area (Å²) in [5, 5.41) is 2.01. The van der Waals surface area contributed by atoms with Gasteiger partial charge < -0.3 is 9.64 Å². The number of hydrogen-bond acceptors (Lipinski definition) is 5. The highest BCUT2D eigenvalue weighted by atomic mass is 32.2. The van der Waals surface area contributed by atoms with Crippen molar-refractivity contribution in [1.82, 2.24) is 9.80 Å². The standard InChI is InChI=1S/C29H28N2O5S/c1-20(23-11-15-28(16-12-23)37(4,34)35)9-13-26-19-30(18-21(2)31(26)22(3)32)29(33)36-27-14-10-24-7-5-6-8-25(24)17-27/h5-17,19,21H,1,18H2,2-4H3/b13-9-. The summed E-state index contributed by atoms with van der Waals surface area (Å²) in [5.41, 5.74) is 1.86. The SMILES string of the molecule is C=C(/C=C\C1=CN(C(=O)Oc2ccc3ccccc3c2)CC(C)N1C(C)=O)c1ccc(S(C)(=O)=O)cc1. The number of amides is 2. The second kappa shape index (κ2) is 10.4. The van der Waals surface area contributed by atoms with Gasteiger partial charge >= 0.3 is 6.09 Å². The molecular formula is C29H28N2O5S. The highest BCUT2D eigenvalue weighted by Crippen LogP contribution is 2.25. The van der Waals surface area contributed by atoms with Gasteiger partial charge in [0.05, 0.1) is 16.6 Å². The molecule has 0 saturated carbocycles. The van der Waals surface area contributed by atoms with Gasteiger partial charge in [-0.25, -0.2) is 13.2 Å². The van der Waals surface area contributed by atoms with Crippen LogP contribution < -0.4 is 4.74 Å². The lowest BCUT2D eigenvalue weighted by Gasteiger charge is -2.37. The molecule has 0 radical (unpaired) electrons. The van der Waals surface area contributed by atoms with E-state index in [9.17, 15) is 18.0 Å². The molecule has 1 heterocycles. The zero-order chi connectivity index (χ0) is 26.7. The van der Waals surface area contributed by atoms with Crippen molar-refractivity contribution in [1.29, 1.82) is 0 Å². The quantitative estimate of drug-likeness (QED) is 0.424. The Morgan fingerprint density at radius 2 is 1.70 bits per heavy atom. The largest absolute Gasteiger partial charge is 0.419 e.